The summed E-state index contributed by atoms with van der Waals surface area (Å²) in [5.74, 6) is -0.573. The largest absolute Gasteiger partial charge is 0.490 e. The van der Waals surface area contributed by atoms with Gasteiger partial charge in [0.25, 0.3) is 0 Å². The Bertz CT molecular complexity index is 854. The fraction of sp³-hybridized carbons (Fsp3) is 0.222. The van der Waals surface area contributed by atoms with Gasteiger partial charge in [-0.05, 0) is 23.8 Å². The number of para-hydroxylation sites is 1. The van der Waals surface area contributed by atoms with Gasteiger partial charge < -0.3 is 10.1 Å². The van der Waals surface area contributed by atoms with E-state index in [2.05, 4.69) is 5.32 Å². The third-order valence-electron chi connectivity index (χ3n) is 4.77. The molecule has 2 aliphatic rings. The number of likely N-dealkylation sites (N-methyl/N-ethyl adjacent to an activating group) is 1. The Labute approximate surface area is 138 Å². The molecule has 1 saturated heterocycles. The second-order valence-electron chi connectivity index (χ2n) is 6.11. The molecule has 0 bridgehead atoms. The lowest BCUT2D eigenvalue weighted by molar-refractivity contribution is -0.133. The topological polar surface area (TPSA) is 65.4 Å². The van der Waals surface area contributed by atoms with Crippen molar-refractivity contribution >= 4 is 11.9 Å². The first-order chi connectivity index (χ1) is 11.5. The Kier molecular flexibility index (Phi) is 3.09. The molecule has 0 aliphatic carbocycles. The Morgan fingerprint density at radius 1 is 1.29 bits per heavy atom. The van der Waals surface area contributed by atoms with Gasteiger partial charge in [-0.25, -0.2) is 4.39 Å². The number of nitrogens with zero attached hydrogens (tertiary/aromatic N) is 1. The van der Waals surface area contributed by atoms with E-state index in [4.69, 9.17) is 10.1 Å². The van der Waals surface area contributed by atoms with Crippen LogP contribution >= 0.6 is 0 Å². The molecular formula is C18H16FN3O2. The number of fused-ring (bicyclic) bond motifs is 3. The fourth-order valence-electron chi connectivity index (χ4n) is 3.53. The van der Waals surface area contributed by atoms with Crippen molar-refractivity contribution in [2.45, 2.75) is 11.5 Å². The number of ether oxygens (including phenoxy) is 1. The van der Waals surface area contributed by atoms with Crippen molar-refractivity contribution < 1.29 is 13.9 Å². The predicted molar refractivity (Wildman–Crippen MR) is 86.4 cm³/mol. The van der Waals surface area contributed by atoms with Gasteiger partial charge in [-0.1, -0.05) is 30.3 Å². The molecule has 1 fully saturated rings. The molecule has 2 aromatic rings. The van der Waals surface area contributed by atoms with Crippen LogP contribution in [0.2, 0.25) is 0 Å². The number of benzene rings is 2. The Morgan fingerprint density at radius 3 is 2.88 bits per heavy atom. The van der Waals surface area contributed by atoms with E-state index in [1.165, 1.54) is 17.0 Å². The number of carbonyl (C=O) groups excluding carboxylic acids is 1. The van der Waals surface area contributed by atoms with Crippen LogP contribution in [-0.4, -0.2) is 30.4 Å². The number of carbonyl (C=O) groups is 1. The zero-order valence-corrected chi connectivity index (χ0v) is 13.0. The lowest BCUT2D eigenvalue weighted by Gasteiger charge is -2.50. The van der Waals surface area contributed by atoms with Crippen LogP contribution in [0.3, 0.4) is 0 Å². The Morgan fingerprint density at radius 2 is 2.08 bits per heavy atom. The van der Waals surface area contributed by atoms with Crippen LogP contribution in [0, 0.1) is 11.2 Å². The summed E-state index contributed by atoms with van der Waals surface area (Å²) in [6.07, 6.45) is 0. The number of guanidine groups is 1. The standard InChI is InChI=1S/C18H16FN3O2/c1-22-16(23)15-13-7-2-3-8-14(13)24-10-18(15,21-17(22)20)11-5-4-6-12(19)9-11/h2-9,15H,10H2,1H3,(H2,20,21). The first-order valence-electron chi connectivity index (χ1n) is 7.65. The average Bonchev–Trinajstić information content (AvgIpc) is 2.59. The highest BCUT2D eigenvalue weighted by atomic mass is 19.1. The van der Waals surface area contributed by atoms with Crippen LogP contribution in [0.25, 0.3) is 0 Å². The van der Waals surface area contributed by atoms with Gasteiger partial charge in [0, 0.05) is 12.6 Å². The van der Waals surface area contributed by atoms with Gasteiger partial charge >= 0.3 is 0 Å². The summed E-state index contributed by atoms with van der Waals surface area (Å²) >= 11 is 0. The first kappa shape index (κ1) is 14.7. The zero-order chi connectivity index (χ0) is 16.9. The third-order valence-corrected chi connectivity index (χ3v) is 4.77. The van der Waals surface area contributed by atoms with E-state index in [9.17, 15) is 9.18 Å². The van der Waals surface area contributed by atoms with E-state index in [1.807, 2.05) is 24.3 Å². The molecule has 2 N–H and O–H groups in total. The van der Waals surface area contributed by atoms with Gasteiger partial charge in [0.15, 0.2) is 5.96 Å². The third kappa shape index (κ3) is 1.92. The van der Waals surface area contributed by atoms with Crippen molar-refractivity contribution in [3.05, 3.63) is 65.5 Å². The number of halogens is 1. The summed E-state index contributed by atoms with van der Waals surface area (Å²) in [6, 6.07) is 13.5. The van der Waals surface area contributed by atoms with Gasteiger partial charge in [0.05, 0.1) is 5.92 Å². The van der Waals surface area contributed by atoms with E-state index in [1.54, 1.807) is 19.2 Å². The maximum Gasteiger partial charge on any atom is 0.239 e. The molecule has 6 heteroatoms. The van der Waals surface area contributed by atoms with E-state index in [-0.39, 0.29) is 24.3 Å². The minimum atomic E-state index is -1.00. The summed E-state index contributed by atoms with van der Waals surface area (Å²) in [7, 11) is 1.56. The lowest BCUT2D eigenvalue weighted by Crippen LogP contribution is -2.67. The summed E-state index contributed by atoms with van der Waals surface area (Å²) in [5.41, 5.74) is 0.329. The maximum atomic E-state index is 13.8. The highest BCUT2D eigenvalue weighted by Crippen LogP contribution is 2.47. The molecule has 0 radical (unpaired) electrons. The maximum absolute atomic E-state index is 13.8. The molecule has 0 aromatic heterocycles. The number of hydrogen-bond donors (Lipinski definition) is 2. The molecule has 122 valence electrons. The van der Waals surface area contributed by atoms with Crippen molar-refractivity contribution in [1.82, 2.24) is 10.2 Å². The fourth-order valence-corrected chi connectivity index (χ4v) is 3.53. The minimum absolute atomic E-state index is 0.0245. The number of hydrogen-bond acceptors (Lipinski definition) is 3. The van der Waals surface area contributed by atoms with Crippen molar-refractivity contribution in [1.29, 1.82) is 5.41 Å². The molecule has 2 aliphatic heterocycles. The molecule has 0 saturated carbocycles. The van der Waals surface area contributed by atoms with E-state index >= 15 is 0 Å². The highest BCUT2D eigenvalue weighted by Gasteiger charge is 2.55. The van der Waals surface area contributed by atoms with Crippen LogP contribution in [0.15, 0.2) is 48.5 Å². The zero-order valence-electron chi connectivity index (χ0n) is 13.0. The van der Waals surface area contributed by atoms with Gasteiger partial charge in [0.2, 0.25) is 5.91 Å². The lowest BCUT2D eigenvalue weighted by atomic mass is 9.71. The molecule has 0 spiro atoms. The van der Waals surface area contributed by atoms with Crippen LogP contribution in [0.4, 0.5) is 4.39 Å². The summed E-state index contributed by atoms with van der Waals surface area (Å²) in [4.78, 5) is 14.3. The molecule has 2 atom stereocenters. The predicted octanol–water partition coefficient (Wildman–Crippen LogP) is 2.19. The quantitative estimate of drug-likeness (QED) is 0.845. The first-order valence-corrected chi connectivity index (χ1v) is 7.65. The molecule has 2 unspecified atom stereocenters. The van der Waals surface area contributed by atoms with Crippen molar-refractivity contribution in [2.75, 3.05) is 13.7 Å². The molecular weight excluding hydrogens is 309 g/mol. The minimum Gasteiger partial charge on any atom is -0.490 e. The molecule has 24 heavy (non-hydrogen) atoms. The Hall–Kier alpha value is -2.89. The van der Waals surface area contributed by atoms with Crippen LogP contribution in [-0.2, 0) is 10.3 Å². The van der Waals surface area contributed by atoms with Crippen molar-refractivity contribution in [2.24, 2.45) is 0 Å². The van der Waals surface area contributed by atoms with E-state index in [0.717, 1.165) is 5.56 Å². The monoisotopic (exact) mass is 325 g/mol. The van der Waals surface area contributed by atoms with Gasteiger partial charge in [-0.3, -0.25) is 15.1 Å². The molecule has 2 aromatic carbocycles. The summed E-state index contributed by atoms with van der Waals surface area (Å²) in [5, 5.41) is 11.2. The second kappa shape index (κ2) is 5.06. The van der Waals surface area contributed by atoms with E-state index < -0.39 is 11.5 Å². The average molecular weight is 325 g/mol. The van der Waals surface area contributed by atoms with Gasteiger partial charge in [-0.2, -0.15) is 0 Å². The van der Waals surface area contributed by atoms with Crippen LogP contribution in [0.5, 0.6) is 5.75 Å². The van der Waals surface area contributed by atoms with Crippen LogP contribution < -0.4 is 10.1 Å². The molecule has 2 heterocycles. The highest BCUT2D eigenvalue weighted by molar-refractivity contribution is 6.03. The van der Waals surface area contributed by atoms with Crippen LogP contribution in [0.1, 0.15) is 17.0 Å². The summed E-state index contributed by atoms with van der Waals surface area (Å²) < 4.78 is 19.7. The van der Waals surface area contributed by atoms with Gasteiger partial charge in [0.1, 0.15) is 23.7 Å². The smallest absolute Gasteiger partial charge is 0.239 e. The normalized spacial score (nSPS) is 25.4. The second-order valence-corrected chi connectivity index (χ2v) is 6.11. The SMILES string of the molecule is CN1C(=N)NC2(c3cccc(F)c3)COc3ccccc3C2C1=O. The molecule has 4 rings (SSSR count). The number of nitrogens with one attached hydrogen (secondary N) is 2. The van der Waals surface area contributed by atoms with Crippen molar-refractivity contribution in [3.8, 4) is 5.75 Å². The van der Waals surface area contributed by atoms with Crippen molar-refractivity contribution in [3.63, 3.8) is 0 Å². The molecule has 1 amide bonds. The Balaban J connectivity index is 1.96. The van der Waals surface area contributed by atoms with E-state index in [0.29, 0.717) is 11.3 Å². The number of rotatable bonds is 1. The number of amides is 1. The summed E-state index contributed by atoms with van der Waals surface area (Å²) in [6.45, 7) is 0.139. The molecule has 5 nitrogen and oxygen atoms in total. The van der Waals surface area contributed by atoms with Gasteiger partial charge in [-0.15, -0.1) is 0 Å².